The maximum atomic E-state index is 13.6. The molecule has 2 aromatic rings. The molecule has 7 nitrogen and oxygen atoms in total. The average molecular weight is 507 g/mol. The lowest BCUT2D eigenvalue weighted by atomic mass is 9.92. The van der Waals surface area contributed by atoms with E-state index in [9.17, 15) is 9.59 Å². The first-order valence-corrected chi connectivity index (χ1v) is 13.9. The van der Waals surface area contributed by atoms with Crippen molar-refractivity contribution in [2.45, 2.75) is 77.9 Å². The third kappa shape index (κ3) is 7.10. The van der Waals surface area contributed by atoms with E-state index in [-0.39, 0.29) is 18.4 Å². The number of hydrogen-bond donors (Lipinski definition) is 0. The molecule has 1 aromatic carbocycles. The van der Waals surface area contributed by atoms with Crippen LogP contribution in [0.2, 0.25) is 0 Å². The standard InChI is InChI=1S/C30H42N4O3/c1-4-29(35)34-19-16-25-11-9-12-26(33(25)18-15-23(2)3)21-32(20-24-10-5-6-13-27(24)34)30(36)22-37-28-14-7-8-17-31-28/h5-8,10,13-14,17,23,25-26H,4,9,11-12,15-16,18-22H2,1-3H3. The highest BCUT2D eigenvalue weighted by atomic mass is 16.5. The fraction of sp³-hybridized carbons (Fsp3) is 0.567. The van der Waals surface area contributed by atoms with Crippen LogP contribution in [0.1, 0.15) is 64.9 Å². The molecule has 200 valence electrons. The van der Waals surface area contributed by atoms with E-state index in [4.69, 9.17) is 4.74 Å². The number of aromatic nitrogens is 1. The predicted octanol–water partition coefficient (Wildman–Crippen LogP) is 4.91. The molecule has 2 aliphatic heterocycles. The number of fused-ring (bicyclic) bond motifs is 3. The van der Waals surface area contributed by atoms with Crippen LogP contribution in [0.5, 0.6) is 5.88 Å². The number of rotatable bonds is 7. The molecular weight excluding hydrogens is 464 g/mol. The Bertz CT molecular complexity index is 1030. The lowest BCUT2D eigenvalue weighted by Gasteiger charge is -2.44. The topological polar surface area (TPSA) is 66.0 Å². The van der Waals surface area contributed by atoms with Gasteiger partial charge in [0.15, 0.2) is 6.61 Å². The van der Waals surface area contributed by atoms with Crippen LogP contribution in [0.15, 0.2) is 48.7 Å². The first kappa shape index (κ1) is 27.1. The second kappa shape index (κ2) is 13.0. The normalized spacial score (nSPS) is 20.8. The molecule has 37 heavy (non-hydrogen) atoms. The monoisotopic (exact) mass is 506 g/mol. The Morgan fingerprint density at radius 3 is 2.57 bits per heavy atom. The van der Waals surface area contributed by atoms with Crippen molar-refractivity contribution in [3.8, 4) is 5.88 Å². The quantitative estimate of drug-likeness (QED) is 0.534. The summed E-state index contributed by atoms with van der Waals surface area (Å²) in [5.41, 5.74) is 1.92. The van der Waals surface area contributed by atoms with Crippen LogP contribution in [-0.2, 0) is 16.1 Å². The van der Waals surface area contributed by atoms with Gasteiger partial charge in [-0.2, -0.15) is 0 Å². The van der Waals surface area contributed by atoms with Crippen LogP contribution < -0.4 is 9.64 Å². The van der Waals surface area contributed by atoms with E-state index in [1.165, 1.54) is 0 Å². The fourth-order valence-corrected chi connectivity index (χ4v) is 5.63. The summed E-state index contributed by atoms with van der Waals surface area (Å²) in [5, 5.41) is 0. The van der Waals surface area contributed by atoms with Crippen molar-refractivity contribution in [1.29, 1.82) is 0 Å². The minimum Gasteiger partial charge on any atom is -0.468 e. The molecule has 3 heterocycles. The fourth-order valence-electron chi connectivity index (χ4n) is 5.63. The van der Waals surface area contributed by atoms with Gasteiger partial charge in [0.2, 0.25) is 11.8 Å². The van der Waals surface area contributed by atoms with Gasteiger partial charge in [-0.1, -0.05) is 51.5 Å². The lowest BCUT2D eigenvalue weighted by Crippen LogP contribution is -2.53. The Labute approximate surface area is 221 Å². The molecule has 0 radical (unpaired) electrons. The van der Waals surface area contributed by atoms with Gasteiger partial charge in [-0.05, 0) is 55.8 Å². The molecular formula is C30H42N4O3. The Morgan fingerprint density at radius 2 is 1.81 bits per heavy atom. The van der Waals surface area contributed by atoms with Crippen molar-refractivity contribution < 1.29 is 14.3 Å². The van der Waals surface area contributed by atoms with Gasteiger partial charge in [-0.15, -0.1) is 0 Å². The summed E-state index contributed by atoms with van der Waals surface area (Å²) in [5.74, 6) is 1.14. The van der Waals surface area contributed by atoms with Crippen molar-refractivity contribution in [3.05, 3.63) is 54.2 Å². The number of amides is 2. The second-order valence-corrected chi connectivity index (χ2v) is 10.7. The third-order valence-corrected chi connectivity index (χ3v) is 7.68. The van der Waals surface area contributed by atoms with Crippen molar-refractivity contribution >= 4 is 17.5 Å². The molecule has 7 heteroatoms. The van der Waals surface area contributed by atoms with Gasteiger partial charge < -0.3 is 14.5 Å². The van der Waals surface area contributed by atoms with Crippen molar-refractivity contribution in [2.75, 3.05) is 31.1 Å². The number of carbonyl (C=O) groups is 2. The van der Waals surface area contributed by atoms with Crippen molar-refractivity contribution in [3.63, 3.8) is 0 Å². The highest BCUT2D eigenvalue weighted by Crippen LogP contribution is 2.31. The maximum absolute atomic E-state index is 13.6. The highest BCUT2D eigenvalue weighted by molar-refractivity contribution is 5.94. The largest absolute Gasteiger partial charge is 0.468 e. The van der Waals surface area contributed by atoms with Gasteiger partial charge >= 0.3 is 0 Å². The second-order valence-electron chi connectivity index (χ2n) is 10.7. The van der Waals surface area contributed by atoms with Gasteiger partial charge in [0, 0.05) is 56.1 Å². The predicted molar refractivity (Wildman–Crippen MR) is 146 cm³/mol. The number of para-hydroxylation sites is 1. The highest BCUT2D eigenvalue weighted by Gasteiger charge is 2.34. The number of carbonyl (C=O) groups excluding carboxylic acids is 2. The summed E-state index contributed by atoms with van der Waals surface area (Å²) < 4.78 is 5.77. The SMILES string of the molecule is CCC(=O)N1CCC2CCCC(CN(C(=O)COc3ccccn3)Cc3ccccc31)N2CCC(C)C. The summed E-state index contributed by atoms with van der Waals surface area (Å²) in [6, 6.07) is 14.2. The zero-order valence-corrected chi connectivity index (χ0v) is 22.6. The van der Waals surface area contributed by atoms with Crippen LogP contribution >= 0.6 is 0 Å². The summed E-state index contributed by atoms with van der Waals surface area (Å²) >= 11 is 0. The Kier molecular flexibility index (Phi) is 9.56. The Hall–Kier alpha value is -2.93. The average Bonchev–Trinajstić information content (AvgIpc) is 2.92. The van der Waals surface area contributed by atoms with Crippen molar-refractivity contribution in [2.24, 2.45) is 5.92 Å². The first-order chi connectivity index (χ1) is 18.0. The molecule has 0 saturated carbocycles. The number of nitrogens with zero attached hydrogens (tertiary/aromatic N) is 4. The molecule has 1 aromatic heterocycles. The maximum Gasteiger partial charge on any atom is 0.260 e. The first-order valence-electron chi connectivity index (χ1n) is 13.9. The molecule has 0 spiro atoms. The van der Waals surface area contributed by atoms with E-state index < -0.39 is 0 Å². The molecule has 0 aliphatic carbocycles. The van der Waals surface area contributed by atoms with Gasteiger partial charge in [0.1, 0.15) is 0 Å². The van der Waals surface area contributed by atoms with Crippen LogP contribution in [0.3, 0.4) is 0 Å². The van der Waals surface area contributed by atoms with Crippen molar-refractivity contribution in [1.82, 2.24) is 14.8 Å². The molecule has 4 rings (SSSR count). The molecule has 2 atom stereocenters. The van der Waals surface area contributed by atoms with Gasteiger partial charge in [0.05, 0.1) is 0 Å². The van der Waals surface area contributed by atoms with E-state index >= 15 is 0 Å². The molecule has 1 fully saturated rings. The van der Waals surface area contributed by atoms with E-state index in [1.54, 1.807) is 12.3 Å². The van der Waals surface area contributed by atoms with E-state index in [1.807, 2.05) is 53.1 Å². The van der Waals surface area contributed by atoms with E-state index in [2.05, 4.69) is 23.7 Å². The smallest absolute Gasteiger partial charge is 0.260 e. The molecule has 2 unspecified atom stereocenters. The molecule has 2 bridgehead atoms. The van der Waals surface area contributed by atoms with Crippen LogP contribution in [0.25, 0.3) is 0 Å². The summed E-state index contributed by atoms with van der Waals surface area (Å²) in [6.07, 6.45) is 7.57. The number of ether oxygens (including phenoxy) is 1. The minimum atomic E-state index is -0.0566. The Morgan fingerprint density at radius 1 is 1.03 bits per heavy atom. The summed E-state index contributed by atoms with van der Waals surface area (Å²) in [7, 11) is 0. The van der Waals surface area contributed by atoms with E-state index in [0.29, 0.717) is 49.9 Å². The number of benzene rings is 1. The number of anilines is 1. The summed E-state index contributed by atoms with van der Waals surface area (Å²) in [6.45, 7) is 9.24. The lowest BCUT2D eigenvalue weighted by molar-refractivity contribution is -0.135. The van der Waals surface area contributed by atoms with Crippen LogP contribution in [0, 0.1) is 5.92 Å². The number of piperidine rings is 1. The van der Waals surface area contributed by atoms with Gasteiger partial charge in [-0.3, -0.25) is 14.5 Å². The molecule has 1 saturated heterocycles. The Balaban J connectivity index is 1.66. The summed E-state index contributed by atoms with van der Waals surface area (Å²) in [4.78, 5) is 37.5. The zero-order valence-electron chi connectivity index (χ0n) is 22.6. The molecule has 2 amide bonds. The van der Waals surface area contributed by atoms with Crippen LogP contribution in [-0.4, -0.2) is 64.9 Å². The molecule has 0 N–H and O–H groups in total. The van der Waals surface area contributed by atoms with E-state index in [0.717, 1.165) is 49.9 Å². The van der Waals surface area contributed by atoms with Gasteiger partial charge in [0.25, 0.3) is 5.91 Å². The number of pyridine rings is 1. The third-order valence-electron chi connectivity index (χ3n) is 7.68. The zero-order chi connectivity index (χ0) is 26.2. The minimum absolute atomic E-state index is 0.0565. The van der Waals surface area contributed by atoms with Crippen LogP contribution in [0.4, 0.5) is 5.69 Å². The van der Waals surface area contributed by atoms with Gasteiger partial charge in [-0.25, -0.2) is 4.98 Å². The molecule has 2 aliphatic rings. The number of hydrogen-bond acceptors (Lipinski definition) is 5.